The molecule has 156 valence electrons. The third-order valence-corrected chi connectivity index (χ3v) is 4.92. The molecule has 0 bridgehead atoms. The molecular formula is C18H26F3N5O2. The molecule has 0 saturated carbocycles. The predicted molar refractivity (Wildman–Crippen MR) is 96.7 cm³/mol. The Labute approximate surface area is 162 Å². The lowest BCUT2D eigenvalue weighted by atomic mass is 10.1. The summed E-state index contributed by atoms with van der Waals surface area (Å²) in [5.41, 5.74) is -0.969. The monoisotopic (exact) mass is 401 g/mol. The topological polar surface area (TPSA) is 70.6 Å². The van der Waals surface area contributed by atoms with E-state index in [-0.39, 0.29) is 30.1 Å². The number of hydrogen-bond acceptors (Lipinski definition) is 6. The SMILES string of the molecule is CC1CN(C(=O)CN2CCCC(Nc3nccc(C(F)(F)F)n3)C2)CC(C)O1. The minimum atomic E-state index is -4.50. The summed E-state index contributed by atoms with van der Waals surface area (Å²) >= 11 is 0. The first-order valence-electron chi connectivity index (χ1n) is 9.53. The smallest absolute Gasteiger partial charge is 0.372 e. The van der Waals surface area contributed by atoms with E-state index in [4.69, 9.17) is 4.74 Å². The molecule has 2 saturated heterocycles. The normalized spacial score (nSPS) is 26.9. The van der Waals surface area contributed by atoms with Crippen LogP contribution in [-0.2, 0) is 15.7 Å². The fraction of sp³-hybridized carbons (Fsp3) is 0.722. The van der Waals surface area contributed by atoms with Gasteiger partial charge in [0.1, 0.15) is 5.69 Å². The predicted octanol–water partition coefficient (Wildman–Crippen LogP) is 2.01. The van der Waals surface area contributed by atoms with Crippen LogP contribution in [0, 0.1) is 0 Å². The molecule has 1 aromatic heterocycles. The summed E-state index contributed by atoms with van der Waals surface area (Å²) in [6, 6.07) is 0.744. The quantitative estimate of drug-likeness (QED) is 0.832. The maximum Gasteiger partial charge on any atom is 0.433 e. The molecule has 2 aliphatic rings. The van der Waals surface area contributed by atoms with Crippen molar-refractivity contribution in [2.75, 3.05) is 38.0 Å². The van der Waals surface area contributed by atoms with Crippen LogP contribution < -0.4 is 5.32 Å². The molecule has 3 heterocycles. The fourth-order valence-electron chi connectivity index (χ4n) is 3.76. The van der Waals surface area contributed by atoms with Gasteiger partial charge in [0.2, 0.25) is 11.9 Å². The number of rotatable bonds is 4. The summed E-state index contributed by atoms with van der Waals surface area (Å²) in [5.74, 6) is 0.0156. The van der Waals surface area contributed by atoms with Gasteiger partial charge in [0, 0.05) is 31.9 Å². The number of nitrogens with one attached hydrogen (secondary N) is 1. The van der Waals surface area contributed by atoms with Crippen molar-refractivity contribution in [1.29, 1.82) is 0 Å². The van der Waals surface area contributed by atoms with Crippen LogP contribution in [0.5, 0.6) is 0 Å². The first-order chi connectivity index (χ1) is 13.2. The highest BCUT2D eigenvalue weighted by Gasteiger charge is 2.33. The molecule has 1 N–H and O–H groups in total. The molecule has 0 radical (unpaired) electrons. The second kappa shape index (κ2) is 8.60. The van der Waals surface area contributed by atoms with E-state index in [1.54, 1.807) is 0 Å². The van der Waals surface area contributed by atoms with Crippen molar-refractivity contribution < 1.29 is 22.7 Å². The van der Waals surface area contributed by atoms with Gasteiger partial charge >= 0.3 is 6.18 Å². The Morgan fingerprint density at radius 1 is 1.29 bits per heavy atom. The molecule has 0 aliphatic carbocycles. The highest BCUT2D eigenvalue weighted by atomic mass is 19.4. The van der Waals surface area contributed by atoms with E-state index in [0.29, 0.717) is 26.2 Å². The lowest BCUT2D eigenvalue weighted by Crippen LogP contribution is -2.52. The van der Waals surface area contributed by atoms with Crippen LogP contribution in [0.2, 0.25) is 0 Å². The van der Waals surface area contributed by atoms with Crippen LogP contribution in [0.25, 0.3) is 0 Å². The molecule has 0 spiro atoms. The Hall–Kier alpha value is -1.94. The summed E-state index contributed by atoms with van der Waals surface area (Å²) < 4.78 is 44.1. The zero-order valence-corrected chi connectivity index (χ0v) is 16.1. The van der Waals surface area contributed by atoms with Gasteiger partial charge in [-0.15, -0.1) is 0 Å². The number of ether oxygens (including phenoxy) is 1. The number of anilines is 1. The van der Waals surface area contributed by atoms with E-state index in [1.807, 2.05) is 23.6 Å². The fourth-order valence-corrected chi connectivity index (χ4v) is 3.76. The molecule has 1 amide bonds. The van der Waals surface area contributed by atoms with Gasteiger partial charge in [-0.2, -0.15) is 13.2 Å². The number of nitrogens with zero attached hydrogens (tertiary/aromatic N) is 4. The van der Waals surface area contributed by atoms with Gasteiger partial charge in [0.25, 0.3) is 0 Å². The summed E-state index contributed by atoms with van der Waals surface area (Å²) in [4.78, 5) is 23.9. The Bertz CT molecular complexity index is 677. The molecule has 3 atom stereocenters. The lowest BCUT2D eigenvalue weighted by molar-refractivity contribution is -0.144. The third kappa shape index (κ3) is 5.54. The number of piperidine rings is 1. The average Bonchev–Trinajstić information content (AvgIpc) is 2.61. The number of carbonyl (C=O) groups excluding carboxylic acids is 1. The van der Waals surface area contributed by atoms with Crippen LogP contribution in [0.1, 0.15) is 32.4 Å². The molecule has 3 unspecified atom stereocenters. The molecule has 10 heteroatoms. The Morgan fingerprint density at radius 2 is 2.00 bits per heavy atom. The van der Waals surface area contributed by atoms with E-state index in [1.165, 1.54) is 0 Å². The van der Waals surface area contributed by atoms with Crippen molar-refractivity contribution in [2.24, 2.45) is 0 Å². The second-order valence-corrected chi connectivity index (χ2v) is 7.54. The summed E-state index contributed by atoms with van der Waals surface area (Å²) in [7, 11) is 0. The highest BCUT2D eigenvalue weighted by Crippen LogP contribution is 2.27. The summed E-state index contributed by atoms with van der Waals surface area (Å²) in [6.45, 7) is 6.69. The Morgan fingerprint density at radius 3 is 2.68 bits per heavy atom. The van der Waals surface area contributed by atoms with E-state index >= 15 is 0 Å². The van der Waals surface area contributed by atoms with Crippen molar-refractivity contribution in [1.82, 2.24) is 19.8 Å². The zero-order chi connectivity index (χ0) is 20.3. The van der Waals surface area contributed by atoms with Crippen LogP contribution in [0.4, 0.5) is 19.1 Å². The summed E-state index contributed by atoms with van der Waals surface area (Å²) in [5, 5.41) is 2.98. The number of alkyl halides is 3. The van der Waals surface area contributed by atoms with Crippen molar-refractivity contribution in [3.63, 3.8) is 0 Å². The van der Waals surface area contributed by atoms with E-state index in [0.717, 1.165) is 31.6 Å². The molecular weight excluding hydrogens is 375 g/mol. The zero-order valence-electron chi connectivity index (χ0n) is 16.1. The van der Waals surface area contributed by atoms with E-state index < -0.39 is 11.9 Å². The first kappa shape index (κ1) is 20.8. The van der Waals surface area contributed by atoms with Crippen molar-refractivity contribution >= 4 is 11.9 Å². The number of likely N-dealkylation sites (tertiary alicyclic amines) is 1. The van der Waals surface area contributed by atoms with Gasteiger partial charge in [-0.05, 0) is 39.3 Å². The number of aromatic nitrogens is 2. The van der Waals surface area contributed by atoms with E-state index in [9.17, 15) is 18.0 Å². The largest absolute Gasteiger partial charge is 0.433 e. The van der Waals surface area contributed by atoms with Gasteiger partial charge in [0.15, 0.2) is 0 Å². The minimum Gasteiger partial charge on any atom is -0.372 e. The lowest BCUT2D eigenvalue weighted by Gasteiger charge is -2.38. The van der Waals surface area contributed by atoms with Crippen LogP contribution in [0.15, 0.2) is 12.3 Å². The van der Waals surface area contributed by atoms with Crippen LogP contribution in [-0.4, -0.2) is 76.6 Å². The van der Waals surface area contributed by atoms with Gasteiger partial charge < -0.3 is 15.0 Å². The molecule has 7 nitrogen and oxygen atoms in total. The van der Waals surface area contributed by atoms with Gasteiger partial charge in [-0.25, -0.2) is 9.97 Å². The molecule has 2 aliphatic heterocycles. The third-order valence-electron chi connectivity index (χ3n) is 4.92. The number of hydrogen-bond donors (Lipinski definition) is 1. The van der Waals surface area contributed by atoms with E-state index in [2.05, 4.69) is 15.3 Å². The first-order valence-corrected chi connectivity index (χ1v) is 9.53. The number of halogens is 3. The Kier molecular flexibility index (Phi) is 6.39. The maximum atomic E-state index is 12.8. The van der Waals surface area contributed by atoms with Crippen molar-refractivity contribution in [2.45, 2.75) is 51.1 Å². The van der Waals surface area contributed by atoms with Gasteiger partial charge in [-0.3, -0.25) is 9.69 Å². The van der Waals surface area contributed by atoms with Gasteiger partial charge in [-0.1, -0.05) is 0 Å². The number of amides is 1. The van der Waals surface area contributed by atoms with Crippen LogP contribution >= 0.6 is 0 Å². The summed E-state index contributed by atoms with van der Waals surface area (Å²) in [6.07, 6.45) is -1.74. The average molecular weight is 401 g/mol. The van der Waals surface area contributed by atoms with Crippen LogP contribution in [0.3, 0.4) is 0 Å². The molecule has 2 fully saturated rings. The standard InChI is InChI=1S/C18H26F3N5O2/c1-12-8-26(9-13(2)28-12)16(27)11-25-7-3-4-14(10-25)23-17-22-6-5-15(24-17)18(19,20)21/h5-6,12-14H,3-4,7-11H2,1-2H3,(H,22,23,24). The number of carbonyl (C=O) groups is 1. The van der Waals surface area contributed by atoms with Gasteiger partial charge in [0.05, 0.1) is 18.8 Å². The van der Waals surface area contributed by atoms with Crippen molar-refractivity contribution in [3.8, 4) is 0 Å². The Balaban J connectivity index is 1.55. The number of morpholine rings is 1. The molecule has 1 aromatic rings. The molecule has 28 heavy (non-hydrogen) atoms. The maximum absolute atomic E-state index is 12.8. The molecule has 3 rings (SSSR count). The minimum absolute atomic E-state index is 0.0153. The van der Waals surface area contributed by atoms with Crippen molar-refractivity contribution in [3.05, 3.63) is 18.0 Å². The second-order valence-electron chi connectivity index (χ2n) is 7.54. The molecule has 0 aromatic carbocycles. The highest BCUT2D eigenvalue weighted by molar-refractivity contribution is 5.78.